The second-order valence-corrected chi connectivity index (χ2v) is 4.30. The molecule has 1 heterocycles. The molecule has 1 aromatic heterocycles. The van der Waals surface area contributed by atoms with Gasteiger partial charge in [0.2, 0.25) is 0 Å². The van der Waals surface area contributed by atoms with Gasteiger partial charge < -0.3 is 5.73 Å². The zero-order chi connectivity index (χ0) is 13.1. The molecule has 2 rings (SSSR count). The molecule has 0 aliphatic carbocycles. The van der Waals surface area contributed by atoms with Gasteiger partial charge in [0, 0.05) is 6.20 Å². The van der Waals surface area contributed by atoms with Crippen molar-refractivity contribution in [1.82, 2.24) is 4.98 Å². The normalized spacial score (nSPS) is 12.4. The van der Waals surface area contributed by atoms with Crippen molar-refractivity contribution < 1.29 is 8.78 Å². The van der Waals surface area contributed by atoms with Crippen molar-refractivity contribution >= 4 is 11.6 Å². The number of nitrogens with zero attached hydrogens (tertiary/aromatic N) is 1. The van der Waals surface area contributed by atoms with Gasteiger partial charge in [0.25, 0.3) is 0 Å². The van der Waals surface area contributed by atoms with Crippen molar-refractivity contribution in [2.24, 2.45) is 5.73 Å². The zero-order valence-corrected chi connectivity index (χ0v) is 10.2. The number of rotatable bonds is 3. The van der Waals surface area contributed by atoms with Crippen LogP contribution in [0.2, 0.25) is 5.02 Å². The predicted molar refractivity (Wildman–Crippen MR) is 66.2 cm³/mol. The van der Waals surface area contributed by atoms with Gasteiger partial charge in [-0.2, -0.15) is 0 Å². The van der Waals surface area contributed by atoms with E-state index in [2.05, 4.69) is 4.98 Å². The predicted octanol–water partition coefficient (Wildman–Crippen LogP) is 3.26. The van der Waals surface area contributed by atoms with Crippen molar-refractivity contribution in [3.8, 4) is 0 Å². The smallest absolute Gasteiger partial charge is 0.162 e. The monoisotopic (exact) mass is 268 g/mol. The number of aromatic nitrogens is 1. The lowest BCUT2D eigenvalue weighted by Crippen LogP contribution is -2.16. The van der Waals surface area contributed by atoms with E-state index in [1.807, 2.05) is 0 Å². The molecule has 0 saturated heterocycles. The summed E-state index contributed by atoms with van der Waals surface area (Å²) >= 11 is 5.95. The zero-order valence-electron chi connectivity index (χ0n) is 9.41. The van der Waals surface area contributed by atoms with Crippen molar-refractivity contribution in [3.63, 3.8) is 0 Å². The Morgan fingerprint density at radius 3 is 2.72 bits per heavy atom. The molecule has 94 valence electrons. The van der Waals surface area contributed by atoms with Gasteiger partial charge in [-0.15, -0.1) is 0 Å². The largest absolute Gasteiger partial charge is 0.322 e. The summed E-state index contributed by atoms with van der Waals surface area (Å²) in [6.07, 6.45) is 1.70. The van der Waals surface area contributed by atoms with E-state index in [-0.39, 0.29) is 12.0 Å². The maximum absolute atomic E-state index is 13.5. The number of hydrogen-bond donors (Lipinski definition) is 1. The molecule has 0 aliphatic heterocycles. The Balaban J connectivity index is 2.24. The van der Waals surface area contributed by atoms with Crippen LogP contribution in [0.25, 0.3) is 0 Å². The van der Waals surface area contributed by atoms with Crippen molar-refractivity contribution in [2.75, 3.05) is 0 Å². The molecule has 1 atom stereocenters. The van der Waals surface area contributed by atoms with Gasteiger partial charge >= 0.3 is 0 Å². The molecule has 1 unspecified atom stereocenters. The minimum Gasteiger partial charge on any atom is -0.322 e. The highest BCUT2D eigenvalue weighted by atomic mass is 35.5. The van der Waals surface area contributed by atoms with Crippen LogP contribution in [0.3, 0.4) is 0 Å². The van der Waals surface area contributed by atoms with Gasteiger partial charge in [-0.25, -0.2) is 8.78 Å². The first-order valence-electron chi connectivity index (χ1n) is 5.38. The van der Waals surface area contributed by atoms with Gasteiger partial charge in [0.05, 0.1) is 16.8 Å². The van der Waals surface area contributed by atoms with E-state index in [1.54, 1.807) is 18.3 Å². The Kier molecular flexibility index (Phi) is 3.89. The second-order valence-electron chi connectivity index (χ2n) is 3.89. The van der Waals surface area contributed by atoms with E-state index in [4.69, 9.17) is 17.3 Å². The van der Waals surface area contributed by atoms with Crippen molar-refractivity contribution in [3.05, 3.63) is 64.4 Å². The fourth-order valence-corrected chi connectivity index (χ4v) is 1.97. The third kappa shape index (κ3) is 2.66. The number of benzene rings is 1. The molecule has 5 heteroatoms. The lowest BCUT2D eigenvalue weighted by molar-refractivity contribution is 0.493. The first-order valence-corrected chi connectivity index (χ1v) is 5.76. The molecule has 2 N–H and O–H groups in total. The summed E-state index contributed by atoms with van der Waals surface area (Å²) in [6, 6.07) is 6.77. The molecule has 2 nitrogen and oxygen atoms in total. The van der Waals surface area contributed by atoms with Crippen LogP contribution in [0.4, 0.5) is 8.78 Å². The third-order valence-electron chi connectivity index (χ3n) is 2.61. The van der Waals surface area contributed by atoms with E-state index < -0.39 is 17.7 Å². The molecular weight excluding hydrogens is 258 g/mol. The molecular formula is C13H11ClF2N2. The summed E-state index contributed by atoms with van der Waals surface area (Å²) in [5, 5.41) is 0.418. The molecule has 0 aliphatic rings. The van der Waals surface area contributed by atoms with Gasteiger partial charge in [-0.1, -0.05) is 23.7 Å². The van der Waals surface area contributed by atoms with E-state index in [1.165, 1.54) is 12.1 Å². The van der Waals surface area contributed by atoms with Gasteiger partial charge in [0.15, 0.2) is 11.6 Å². The summed E-state index contributed by atoms with van der Waals surface area (Å²) < 4.78 is 26.5. The number of halogens is 3. The minimum absolute atomic E-state index is 0.139. The molecule has 0 amide bonds. The van der Waals surface area contributed by atoms with Crippen LogP contribution in [-0.4, -0.2) is 4.98 Å². The number of nitrogens with two attached hydrogens (primary N) is 1. The summed E-state index contributed by atoms with van der Waals surface area (Å²) in [5.41, 5.74) is 6.60. The molecule has 18 heavy (non-hydrogen) atoms. The Bertz CT molecular complexity index is 560. The quantitative estimate of drug-likeness (QED) is 0.928. The topological polar surface area (TPSA) is 38.9 Å². The first-order chi connectivity index (χ1) is 8.59. The van der Waals surface area contributed by atoms with Crippen molar-refractivity contribution in [2.45, 2.75) is 12.5 Å². The maximum atomic E-state index is 13.5. The Morgan fingerprint density at radius 2 is 2.00 bits per heavy atom. The average molecular weight is 269 g/mol. The fraction of sp³-hybridized carbons (Fsp3) is 0.154. The van der Waals surface area contributed by atoms with E-state index in [9.17, 15) is 8.78 Å². The summed E-state index contributed by atoms with van der Waals surface area (Å²) in [4.78, 5) is 4.05. The van der Waals surface area contributed by atoms with E-state index in [0.29, 0.717) is 10.7 Å². The number of hydrogen-bond acceptors (Lipinski definition) is 2. The van der Waals surface area contributed by atoms with E-state index in [0.717, 1.165) is 6.07 Å². The third-order valence-corrected chi connectivity index (χ3v) is 2.93. The Hall–Kier alpha value is -1.52. The lowest BCUT2D eigenvalue weighted by atomic mass is 10.0. The van der Waals surface area contributed by atoms with Crippen LogP contribution in [0.15, 0.2) is 36.5 Å². The second kappa shape index (κ2) is 5.42. The summed E-state index contributed by atoms with van der Waals surface area (Å²) in [5.74, 6) is -1.76. The molecule has 0 bridgehead atoms. The Morgan fingerprint density at radius 1 is 1.22 bits per heavy atom. The fourth-order valence-electron chi connectivity index (χ4n) is 1.71. The molecule has 1 aromatic carbocycles. The SMILES string of the molecule is NC(Cc1cccc(F)c1F)c1ncccc1Cl. The van der Waals surface area contributed by atoms with Crippen LogP contribution in [0, 0.1) is 11.6 Å². The highest BCUT2D eigenvalue weighted by Crippen LogP contribution is 2.23. The molecule has 2 aromatic rings. The first kappa shape index (κ1) is 12.9. The molecule has 0 spiro atoms. The maximum Gasteiger partial charge on any atom is 0.162 e. The van der Waals surface area contributed by atoms with Crippen LogP contribution >= 0.6 is 11.6 Å². The van der Waals surface area contributed by atoms with Gasteiger partial charge in [-0.3, -0.25) is 4.98 Å². The average Bonchev–Trinajstić information content (AvgIpc) is 2.35. The molecule has 0 radical (unpaired) electrons. The highest BCUT2D eigenvalue weighted by molar-refractivity contribution is 6.31. The van der Waals surface area contributed by atoms with Crippen LogP contribution in [0.5, 0.6) is 0 Å². The lowest BCUT2D eigenvalue weighted by Gasteiger charge is -2.13. The minimum atomic E-state index is -0.883. The molecule has 0 fully saturated rings. The Labute approximate surface area is 108 Å². The standard InChI is InChI=1S/C13H11ClF2N2/c14-9-4-2-6-18-13(9)11(17)7-8-3-1-5-10(15)12(8)16/h1-6,11H,7,17H2. The molecule has 0 saturated carbocycles. The van der Waals surface area contributed by atoms with Crippen molar-refractivity contribution in [1.29, 1.82) is 0 Å². The summed E-state index contributed by atoms with van der Waals surface area (Å²) in [6.45, 7) is 0. The van der Waals surface area contributed by atoms with Crippen LogP contribution in [0.1, 0.15) is 17.3 Å². The van der Waals surface area contributed by atoms with Gasteiger partial charge in [-0.05, 0) is 30.2 Å². The number of pyridine rings is 1. The van der Waals surface area contributed by atoms with Crippen LogP contribution in [-0.2, 0) is 6.42 Å². The summed E-state index contributed by atoms with van der Waals surface area (Å²) in [7, 11) is 0. The van der Waals surface area contributed by atoms with Gasteiger partial charge in [0.1, 0.15) is 0 Å². The highest BCUT2D eigenvalue weighted by Gasteiger charge is 2.15. The van der Waals surface area contributed by atoms with Crippen LogP contribution < -0.4 is 5.73 Å². The van der Waals surface area contributed by atoms with E-state index >= 15 is 0 Å².